The van der Waals surface area contributed by atoms with E-state index in [0.717, 1.165) is 16.9 Å². The molecule has 6 nitrogen and oxygen atoms in total. The van der Waals surface area contributed by atoms with Crippen LogP contribution in [0.5, 0.6) is 17.2 Å². The summed E-state index contributed by atoms with van der Waals surface area (Å²) in [7, 11) is 0. The molecule has 1 heterocycles. The number of hydrogen-bond donors (Lipinski definition) is 2. The second-order valence-electron chi connectivity index (χ2n) is 5.15. The Morgan fingerprint density at radius 2 is 1.87 bits per heavy atom. The lowest BCUT2D eigenvalue weighted by Crippen LogP contribution is -2.37. The van der Waals surface area contributed by atoms with E-state index in [-0.39, 0.29) is 19.6 Å². The predicted octanol–water partition coefficient (Wildman–Crippen LogP) is 2.56. The van der Waals surface area contributed by atoms with E-state index < -0.39 is 0 Å². The van der Waals surface area contributed by atoms with Crippen LogP contribution >= 0.6 is 0 Å². The summed E-state index contributed by atoms with van der Waals surface area (Å²) in [5.74, 6) is 2.14. The summed E-state index contributed by atoms with van der Waals surface area (Å²) in [6.45, 7) is 2.75. The molecule has 23 heavy (non-hydrogen) atoms. The van der Waals surface area contributed by atoms with E-state index >= 15 is 0 Å². The van der Waals surface area contributed by atoms with Crippen LogP contribution in [0.3, 0.4) is 0 Å². The Balaban J connectivity index is 1.40. The smallest absolute Gasteiger partial charge is 0.317 e. The molecule has 0 aliphatic carbocycles. The molecule has 6 heteroatoms. The third kappa shape index (κ3) is 4.06. The fourth-order valence-corrected chi connectivity index (χ4v) is 2.12. The van der Waals surface area contributed by atoms with Crippen molar-refractivity contribution in [3.8, 4) is 17.2 Å². The number of aryl methyl sites for hydroxylation is 1. The topological polar surface area (TPSA) is 68.8 Å². The second-order valence-corrected chi connectivity index (χ2v) is 5.15. The highest BCUT2D eigenvalue weighted by Crippen LogP contribution is 2.32. The molecule has 0 unspecified atom stereocenters. The van der Waals surface area contributed by atoms with Crippen molar-refractivity contribution in [1.29, 1.82) is 0 Å². The van der Waals surface area contributed by atoms with Crippen molar-refractivity contribution >= 4 is 6.03 Å². The van der Waals surface area contributed by atoms with E-state index in [1.165, 1.54) is 0 Å². The van der Waals surface area contributed by atoms with E-state index in [1.807, 2.05) is 49.4 Å². The maximum atomic E-state index is 11.7. The average Bonchev–Trinajstić information content (AvgIpc) is 3.02. The van der Waals surface area contributed by atoms with Gasteiger partial charge in [-0.05, 0) is 36.8 Å². The first-order chi connectivity index (χ1) is 11.2. The molecule has 1 aliphatic heterocycles. The van der Waals surface area contributed by atoms with Gasteiger partial charge >= 0.3 is 6.03 Å². The summed E-state index contributed by atoms with van der Waals surface area (Å²) in [4.78, 5) is 11.7. The summed E-state index contributed by atoms with van der Waals surface area (Å²) in [5.41, 5.74) is 2.09. The highest BCUT2D eigenvalue weighted by atomic mass is 16.7. The van der Waals surface area contributed by atoms with Crippen LogP contribution in [0, 0.1) is 6.92 Å². The van der Waals surface area contributed by atoms with Crippen LogP contribution in [-0.4, -0.2) is 19.6 Å². The SMILES string of the molecule is Cc1ccc(OCNC(=O)NCc2ccc3c(c2)OCO3)cc1. The average molecular weight is 314 g/mol. The van der Waals surface area contributed by atoms with Crippen LogP contribution in [0.25, 0.3) is 0 Å². The number of urea groups is 1. The van der Waals surface area contributed by atoms with E-state index in [1.54, 1.807) is 0 Å². The highest BCUT2D eigenvalue weighted by Gasteiger charge is 2.13. The molecule has 0 spiro atoms. The zero-order chi connectivity index (χ0) is 16.1. The van der Waals surface area contributed by atoms with Crippen LogP contribution < -0.4 is 24.8 Å². The summed E-state index contributed by atoms with van der Waals surface area (Å²) >= 11 is 0. The third-order valence-corrected chi connectivity index (χ3v) is 3.38. The Hall–Kier alpha value is -2.89. The van der Waals surface area contributed by atoms with Gasteiger partial charge in [-0.15, -0.1) is 0 Å². The van der Waals surface area contributed by atoms with Crippen molar-refractivity contribution < 1.29 is 19.0 Å². The lowest BCUT2D eigenvalue weighted by atomic mass is 10.2. The maximum absolute atomic E-state index is 11.7. The maximum Gasteiger partial charge on any atom is 0.317 e. The number of ether oxygens (including phenoxy) is 3. The lowest BCUT2D eigenvalue weighted by Gasteiger charge is -2.10. The largest absolute Gasteiger partial charge is 0.473 e. The molecular weight excluding hydrogens is 296 g/mol. The number of hydrogen-bond acceptors (Lipinski definition) is 4. The molecule has 0 aromatic heterocycles. The predicted molar refractivity (Wildman–Crippen MR) is 84.6 cm³/mol. The Labute approximate surface area is 134 Å². The number of benzene rings is 2. The third-order valence-electron chi connectivity index (χ3n) is 3.38. The molecule has 0 saturated carbocycles. The van der Waals surface area contributed by atoms with Gasteiger partial charge < -0.3 is 24.8 Å². The monoisotopic (exact) mass is 314 g/mol. The standard InChI is InChI=1S/C17H18N2O4/c1-12-2-5-14(6-3-12)21-10-19-17(20)18-9-13-4-7-15-16(8-13)23-11-22-15/h2-8H,9-11H2,1H3,(H2,18,19,20). The van der Waals surface area contributed by atoms with Crippen molar-refractivity contribution in [3.63, 3.8) is 0 Å². The fraction of sp³-hybridized carbons (Fsp3) is 0.235. The molecule has 1 aliphatic rings. The molecule has 0 radical (unpaired) electrons. The van der Waals surface area contributed by atoms with Crippen molar-refractivity contribution in [2.24, 2.45) is 0 Å². The van der Waals surface area contributed by atoms with Gasteiger partial charge in [-0.3, -0.25) is 0 Å². The summed E-state index contributed by atoms with van der Waals surface area (Å²) in [5, 5.41) is 5.40. The van der Waals surface area contributed by atoms with Crippen molar-refractivity contribution in [1.82, 2.24) is 10.6 Å². The normalized spacial score (nSPS) is 11.9. The zero-order valence-electron chi connectivity index (χ0n) is 12.8. The van der Waals surface area contributed by atoms with Crippen LogP contribution in [0.15, 0.2) is 42.5 Å². The van der Waals surface area contributed by atoms with Gasteiger partial charge in [0.1, 0.15) is 5.75 Å². The Morgan fingerprint density at radius 1 is 1.09 bits per heavy atom. The van der Waals surface area contributed by atoms with E-state index in [9.17, 15) is 4.79 Å². The van der Waals surface area contributed by atoms with Gasteiger partial charge in [0.15, 0.2) is 18.2 Å². The van der Waals surface area contributed by atoms with Gasteiger partial charge in [0.05, 0.1) is 0 Å². The molecule has 2 aromatic carbocycles. The van der Waals surface area contributed by atoms with Gasteiger partial charge in [0.2, 0.25) is 6.79 Å². The molecule has 0 bridgehead atoms. The molecule has 0 fully saturated rings. The first-order valence-electron chi connectivity index (χ1n) is 7.30. The van der Waals surface area contributed by atoms with Gasteiger partial charge in [-0.2, -0.15) is 0 Å². The molecule has 0 saturated heterocycles. The molecule has 2 N–H and O–H groups in total. The highest BCUT2D eigenvalue weighted by molar-refractivity contribution is 5.73. The number of nitrogens with one attached hydrogen (secondary N) is 2. The van der Waals surface area contributed by atoms with Gasteiger partial charge in [0.25, 0.3) is 0 Å². The first kappa shape index (κ1) is 15.0. The molecule has 2 aromatic rings. The van der Waals surface area contributed by atoms with Crippen LogP contribution in [0.4, 0.5) is 4.79 Å². The lowest BCUT2D eigenvalue weighted by molar-refractivity contribution is 0.174. The Morgan fingerprint density at radius 3 is 2.70 bits per heavy atom. The van der Waals surface area contributed by atoms with E-state index in [0.29, 0.717) is 18.0 Å². The molecule has 3 rings (SSSR count). The molecule has 0 atom stereocenters. The van der Waals surface area contributed by atoms with Crippen LogP contribution in [-0.2, 0) is 6.54 Å². The van der Waals surface area contributed by atoms with E-state index in [4.69, 9.17) is 14.2 Å². The van der Waals surface area contributed by atoms with Gasteiger partial charge in [-0.25, -0.2) is 4.79 Å². The van der Waals surface area contributed by atoms with Gasteiger partial charge in [0, 0.05) is 6.54 Å². The van der Waals surface area contributed by atoms with Crippen LogP contribution in [0.2, 0.25) is 0 Å². The van der Waals surface area contributed by atoms with Crippen LogP contribution in [0.1, 0.15) is 11.1 Å². The minimum atomic E-state index is -0.297. The molecule has 2 amide bonds. The second kappa shape index (κ2) is 6.91. The molecule has 120 valence electrons. The Bertz CT molecular complexity index is 685. The summed E-state index contributed by atoms with van der Waals surface area (Å²) in [6.07, 6.45) is 0. The number of rotatable bonds is 5. The van der Waals surface area contributed by atoms with Crippen molar-refractivity contribution in [2.75, 3.05) is 13.5 Å². The number of carbonyl (C=O) groups is 1. The van der Waals surface area contributed by atoms with Gasteiger partial charge in [-0.1, -0.05) is 23.8 Å². The first-order valence-corrected chi connectivity index (χ1v) is 7.30. The minimum Gasteiger partial charge on any atom is -0.473 e. The minimum absolute atomic E-state index is 0.107. The Kier molecular flexibility index (Phi) is 4.52. The number of carbonyl (C=O) groups excluding carboxylic acids is 1. The summed E-state index contributed by atoms with van der Waals surface area (Å²) in [6, 6.07) is 12.9. The van der Waals surface area contributed by atoms with Crippen molar-refractivity contribution in [2.45, 2.75) is 13.5 Å². The fourth-order valence-electron chi connectivity index (χ4n) is 2.12. The quantitative estimate of drug-likeness (QED) is 0.832. The number of amides is 2. The zero-order valence-corrected chi connectivity index (χ0v) is 12.8. The van der Waals surface area contributed by atoms with Crippen molar-refractivity contribution in [3.05, 3.63) is 53.6 Å². The number of fused-ring (bicyclic) bond motifs is 1. The summed E-state index contributed by atoms with van der Waals surface area (Å²) < 4.78 is 16.0. The molecular formula is C17H18N2O4. The van der Waals surface area contributed by atoms with E-state index in [2.05, 4.69) is 10.6 Å².